The predicted molar refractivity (Wildman–Crippen MR) is 74.7 cm³/mol. The fourth-order valence-electron chi connectivity index (χ4n) is 2.86. The highest BCUT2D eigenvalue weighted by Gasteiger charge is 2.25. The Morgan fingerprint density at radius 2 is 2.05 bits per heavy atom. The minimum Gasteiger partial charge on any atom is -0.477 e. The van der Waals surface area contributed by atoms with Crippen LogP contribution in [0, 0.1) is 0 Å². The Kier molecular flexibility index (Phi) is 3.28. The van der Waals surface area contributed by atoms with Gasteiger partial charge in [-0.2, -0.15) is 5.10 Å². The molecule has 0 atom stereocenters. The van der Waals surface area contributed by atoms with Crippen LogP contribution >= 0.6 is 0 Å². The van der Waals surface area contributed by atoms with Crippen LogP contribution in [0.1, 0.15) is 27.2 Å². The zero-order chi connectivity index (χ0) is 14.1. The molecule has 2 N–H and O–H groups in total. The Labute approximate surface area is 117 Å². The summed E-state index contributed by atoms with van der Waals surface area (Å²) in [6, 6.07) is 8.90. The summed E-state index contributed by atoms with van der Waals surface area (Å²) in [6.45, 7) is 0.594. The molecule has 5 nitrogen and oxygen atoms in total. The first kappa shape index (κ1) is 12.9. The van der Waals surface area contributed by atoms with Gasteiger partial charge in [0.15, 0.2) is 0 Å². The third kappa shape index (κ3) is 2.32. The van der Waals surface area contributed by atoms with E-state index in [2.05, 4.69) is 39.4 Å². The number of likely N-dealkylation sites (N-methyl/N-ethyl adjacent to an activating group) is 1. The van der Waals surface area contributed by atoms with Crippen LogP contribution in [-0.2, 0) is 19.4 Å². The number of hydrogen-bond acceptors (Lipinski definition) is 3. The number of aromatic nitrogens is 2. The molecule has 0 fully saturated rings. The Balaban J connectivity index is 1.71. The van der Waals surface area contributed by atoms with E-state index in [4.69, 9.17) is 5.11 Å². The van der Waals surface area contributed by atoms with E-state index in [-0.39, 0.29) is 5.69 Å². The topological polar surface area (TPSA) is 69.2 Å². The molecule has 1 aromatic carbocycles. The summed E-state index contributed by atoms with van der Waals surface area (Å²) in [5, 5.41) is 15.5. The van der Waals surface area contributed by atoms with Gasteiger partial charge in [-0.3, -0.25) is 10.00 Å². The van der Waals surface area contributed by atoms with Crippen molar-refractivity contribution in [1.29, 1.82) is 0 Å². The van der Waals surface area contributed by atoms with Crippen molar-refractivity contribution in [1.82, 2.24) is 15.1 Å². The van der Waals surface area contributed by atoms with Crippen molar-refractivity contribution in [2.24, 2.45) is 0 Å². The maximum atomic E-state index is 11.1. The molecule has 104 valence electrons. The van der Waals surface area contributed by atoms with Gasteiger partial charge in [-0.1, -0.05) is 24.3 Å². The van der Waals surface area contributed by atoms with E-state index in [1.807, 2.05) is 7.05 Å². The molecule has 0 radical (unpaired) electrons. The number of aromatic amines is 1. The number of rotatable bonds is 4. The van der Waals surface area contributed by atoms with E-state index in [0.717, 1.165) is 18.4 Å². The second-order valence-corrected chi connectivity index (χ2v) is 5.32. The van der Waals surface area contributed by atoms with Crippen LogP contribution in [0.2, 0.25) is 0 Å². The monoisotopic (exact) mass is 271 g/mol. The van der Waals surface area contributed by atoms with Crippen molar-refractivity contribution in [3.63, 3.8) is 0 Å². The maximum absolute atomic E-state index is 11.1. The zero-order valence-corrected chi connectivity index (χ0v) is 11.3. The van der Waals surface area contributed by atoms with E-state index in [9.17, 15) is 4.79 Å². The highest BCUT2D eigenvalue weighted by molar-refractivity contribution is 5.86. The molecule has 3 rings (SSSR count). The van der Waals surface area contributed by atoms with Crippen molar-refractivity contribution in [3.8, 4) is 0 Å². The number of H-pyrrole nitrogens is 1. The molecule has 1 aliphatic rings. The van der Waals surface area contributed by atoms with Crippen molar-refractivity contribution in [2.75, 3.05) is 7.05 Å². The van der Waals surface area contributed by atoms with Gasteiger partial charge in [-0.05, 0) is 31.0 Å². The molecule has 1 heterocycles. The normalized spacial score (nSPS) is 14.7. The summed E-state index contributed by atoms with van der Waals surface area (Å²) < 4.78 is 0. The number of carboxylic acid groups (broad SMARTS) is 1. The fraction of sp³-hybridized carbons (Fsp3) is 0.333. The van der Waals surface area contributed by atoms with Crippen LogP contribution in [-0.4, -0.2) is 39.3 Å². The first-order chi connectivity index (χ1) is 9.65. The van der Waals surface area contributed by atoms with Gasteiger partial charge in [-0.25, -0.2) is 4.79 Å². The Hall–Kier alpha value is -2.14. The standard InChI is InChI=1S/C15H17N3O2/c1-18(9-12-8-16-17-14(12)15(19)20)13-6-10-4-2-3-5-11(10)7-13/h2-5,8,13H,6-7,9H2,1H3,(H,16,17)(H,19,20). The molecule has 0 amide bonds. The van der Waals surface area contributed by atoms with E-state index in [1.165, 1.54) is 11.1 Å². The molecule has 0 aliphatic heterocycles. The predicted octanol–water partition coefficient (Wildman–Crippen LogP) is 1.71. The highest BCUT2D eigenvalue weighted by atomic mass is 16.4. The number of nitrogens with zero attached hydrogens (tertiary/aromatic N) is 2. The van der Waals surface area contributed by atoms with Crippen LogP contribution in [0.4, 0.5) is 0 Å². The van der Waals surface area contributed by atoms with Crippen LogP contribution in [0.25, 0.3) is 0 Å². The summed E-state index contributed by atoms with van der Waals surface area (Å²) in [6.07, 6.45) is 3.64. The number of aromatic carboxylic acids is 1. The van der Waals surface area contributed by atoms with E-state index < -0.39 is 5.97 Å². The molecule has 20 heavy (non-hydrogen) atoms. The van der Waals surface area contributed by atoms with Crippen LogP contribution < -0.4 is 0 Å². The molecule has 0 bridgehead atoms. The molecular weight excluding hydrogens is 254 g/mol. The third-order valence-electron chi connectivity index (χ3n) is 4.00. The molecule has 0 spiro atoms. The van der Waals surface area contributed by atoms with Gasteiger partial charge in [-0.15, -0.1) is 0 Å². The van der Waals surface area contributed by atoms with Gasteiger partial charge < -0.3 is 5.11 Å². The first-order valence-electron chi connectivity index (χ1n) is 6.67. The summed E-state index contributed by atoms with van der Waals surface area (Å²) in [7, 11) is 2.04. The van der Waals surface area contributed by atoms with Crippen molar-refractivity contribution in [2.45, 2.75) is 25.4 Å². The molecule has 0 saturated carbocycles. The Bertz CT molecular complexity index is 611. The van der Waals surface area contributed by atoms with Crippen molar-refractivity contribution in [3.05, 3.63) is 52.8 Å². The average Bonchev–Trinajstić information content (AvgIpc) is 3.03. The number of carbonyl (C=O) groups is 1. The SMILES string of the molecule is CN(Cc1cn[nH]c1C(=O)O)C1Cc2ccccc2C1. The lowest BCUT2D eigenvalue weighted by Crippen LogP contribution is -2.32. The highest BCUT2D eigenvalue weighted by Crippen LogP contribution is 2.25. The molecule has 1 aromatic heterocycles. The second kappa shape index (κ2) is 5.09. The molecule has 5 heteroatoms. The first-order valence-corrected chi connectivity index (χ1v) is 6.67. The van der Waals surface area contributed by atoms with E-state index in [0.29, 0.717) is 12.6 Å². The minimum absolute atomic E-state index is 0.187. The molecule has 1 aliphatic carbocycles. The van der Waals surface area contributed by atoms with Crippen LogP contribution in [0.15, 0.2) is 30.5 Å². The maximum Gasteiger partial charge on any atom is 0.354 e. The van der Waals surface area contributed by atoms with Gasteiger partial charge >= 0.3 is 5.97 Å². The minimum atomic E-state index is -0.958. The van der Waals surface area contributed by atoms with Gasteiger partial charge in [0.1, 0.15) is 5.69 Å². The summed E-state index contributed by atoms with van der Waals surface area (Å²) >= 11 is 0. The smallest absolute Gasteiger partial charge is 0.354 e. The number of hydrogen-bond donors (Lipinski definition) is 2. The largest absolute Gasteiger partial charge is 0.477 e. The zero-order valence-electron chi connectivity index (χ0n) is 11.3. The Morgan fingerprint density at radius 3 is 2.65 bits per heavy atom. The molecule has 2 aromatic rings. The fourth-order valence-corrected chi connectivity index (χ4v) is 2.86. The Morgan fingerprint density at radius 1 is 1.40 bits per heavy atom. The summed E-state index contributed by atoms with van der Waals surface area (Å²) in [4.78, 5) is 13.3. The van der Waals surface area contributed by atoms with Gasteiger partial charge in [0.2, 0.25) is 0 Å². The van der Waals surface area contributed by atoms with Gasteiger partial charge in [0, 0.05) is 18.2 Å². The van der Waals surface area contributed by atoms with Gasteiger partial charge in [0.05, 0.1) is 6.20 Å². The average molecular weight is 271 g/mol. The van der Waals surface area contributed by atoms with Crippen molar-refractivity contribution >= 4 is 5.97 Å². The van der Waals surface area contributed by atoms with Crippen molar-refractivity contribution < 1.29 is 9.90 Å². The molecule has 0 unspecified atom stereocenters. The quantitative estimate of drug-likeness (QED) is 0.888. The molecule has 0 saturated heterocycles. The summed E-state index contributed by atoms with van der Waals surface area (Å²) in [5.74, 6) is -0.958. The third-order valence-corrected chi connectivity index (χ3v) is 4.00. The van der Waals surface area contributed by atoms with E-state index >= 15 is 0 Å². The van der Waals surface area contributed by atoms with E-state index in [1.54, 1.807) is 6.20 Å². The lowest BCUT2D eigenvalue weighted by molar-refractivity contribution is 0.0687. The number of carboxylic acids is 1. The number of benzene rings is 1. The summed E-state index contributed by atoms with van der Waals surface area (Å²) in [5.41, 5.74) is 3.72. The van der Waals surface area contributed by atoms with Gasteiger partial charge in [0.25, 0.3) is 0 Å². The number of nitrogens with one attached hydrogen (secondary N) is 1. The lowest BCUT2D eigenvalue weighted by atomic mass is 10.1. The number of fused-ring (bicyclic) bond motifs is 1. The molecular formula is C15H17N3O2. The van der Waals surface area contributed by atoms with Crippen LogP contribution in [0.5, 0.6) is 0 Å². The second-order valence-electron chi connectivity index (χ2n) is 5.32. The van der Waals surface area contributed by atoms with Crippen LogP contribution in [0.3, 0.4) is 0 Å². The lowest BCUT2D eigenvalue weighted by Gasteiger charge is -2.23.